The Morgan fingerprint density at radius 3 is 2.71 bits per heavy atom. The van der Waals surface area contributed by atoms with E-state index in [-0.39, 0.29) is 24.2 Å². The molecule has 1 aromatic carbocycles. The van der Waals surface area contributed by atoms with Gasteiger partial charge in [0.05, 0.1) is 6.07 Å². The first kappa shape index (κ1) is 16.2. The zero-order chi connectivity index (χ0) is 15.8. The molecule has 0 heterocycles. The van der Waals surface area contributed by atoms with Crippen LogP contribution in [0.15, 0.2) is 24.3 Å². The van der Waals surface area contributed by atoms with Gasteiger partial charge in [0, 0.05) is 18.9 Å². The maximum atomic E-state index is 12.0. The molecular weight excluding hydrogens is 274 g/mol. The van der Waals surface area contributed by atoms with Crippen molar-refractivity contribution in [2.75, 3.05) is 0 Å². The van der Waals surface area contributed by atoms with E-state index in [2.05, 4.69) is 5.32 Å². The molecule has 0 fully saturated rings. The quantitative estimate of drug-likeness (QED) is 0.583. The van der Waals surface area contributed by atoms with E-state index >= 15 is 0 Å². The fourth-order valence-electron chi connectivity index (χ4n) is 1.60. The zero-order valence-corrected chi connectivity index (χ0v) is 11.5. The topological polar surface area (TPSA) is 122 Å². The molecule has 7 heteroatoms. The summed E-state index contributed by atoms with van der Waals surface area (Å²) >= 11 is 0. The Bertz CT molecular complexity index is 592. The minimum absolute atomic E-state index is 0.0986. The van der Waals surface area contributed by atoms with E-state index in [0.717, 1.165) is 0 Å². The van der Waals surface area contributed by atoms with Crippen molar-refractivity contribution >= 4 is 17.8 Å². The highest BCUT2D eigenvalue weighted by molar-refractivity contribution is 5.97. The fourth-order valence-corrected chi connectivity index (χ4v) is 1.60. The number of amides is 2. The van der Waals surface area contributed by atoms with Gasteiger partial charge in [0.25, 0.3) is 5.91 Å². The predicted molar refractivity (Wildman–Crippen MR) is 73.0 cm³/mol. The van der Waals surface area contributed by atoms with Gasteiger partial charge >= 0.3 is 5.97 Å². The van der Waals surface area contributed by atoms with E-state index in [9.17, 15) is 14.4 Å². The summed E-state index contributed by atoms with van der Waals surface area (Å²) < 4.78 is 4.87. The highest BCUT2D eigenvalue weighted by Gasteiger charge is 2.18. The molecule has 3 N–H and O–H groups in total. The van der Waals surface area contributed by atoms with Gasteiger partial charge in [-0.15, -0.1) is 0 Å². The van der Waals surface area contributed by atoms with Crippen LogP contribution in [0.1, 0.15) is 30.1 Å². The molecular formula is C14H15N3O4. The van der Waals surface area contributed by atoms with Crippen molar-refractivity contribution in [3.05, 3.63) is 29.8 Å². The van der Waals surface area contributed by atoms with Gasteiger partial charge < -0.3 is 15.8 Å². The van der Waals surface area contributed by atoms with Gasteiger partial charge in [-0.05, 0) is 24.6 Å². The van der Waals surface area contributed by atoms with Crippen molar-refractivity contribution < 1.29 is 19.1 Å². The average molecular weight is 289 g/mol. The number of nitrogens with zero attached hydrogens (tertiary/aromatic N) is 1. The average Bonchev–Trinajstić information content (AvgIpc) is 2.42. The molecule has 1 aromatic rings. The Morgan fingerprint density at radius 2 is 2.14 bits per heavy atom. The van der Waals surface area contributed by atoms with Crippen molar-refractivity contribution in [1.29, 1.82) is 5.26 Å². The van der Waals surface area contributed by atoms with Crippen molar-refractivity contribution in [1.82, 2.24) is 5.32 Å². The maximum absolute atomic E-state index is 12.0. The lowest BCUT2D eigenvalue weighted by Crippen LogP contribution is -2.44. The Kier molecular flexibility index (Phi) is 5.89. The first-order valence-electron chi connectivity index (χ1n) is 6.19. The smallest absolute Gasteiger partial charge is 0.308 e. The molecule has 0 saturated heterocycles. The predicted octanol–water partition coefficient (Wildman–Crippen LogP) is 0.499. The van der Waals surface area contributed by atoms with Crippen molar-refractivity contribution in [3.8, 4) is 11.8 Å². The number of carbonyl (C=O) groups is 3. The number of carbonyl (C=O) groups excluding carboxylic acids is 3. The van der Waals surface area contributed by atoms with Gasteiger partial charge in [-0.1, -0.05) is 6.07 Å². The summed E-state index contributed by atoms with van der Waals surface area (Å²) in [5.74, 6) is -1.53. The monoisotopic (exact) mass is 289 g/mol. The number of nitrogens with one attached hydrogen (secondary N) is 1. The van der Waals surface area contributed by atoms with Crippen molar-refractivity contribution in [3.63, 3.8) is 0 Å². The number of nitriles is 1. The van der Waals surface area contributed by atoms with Gasteiger partial charge in [0.2, 0.25) is 5.91 Å². The van der Waals surface area contributed by atoms with Crippen LogP contribution in [-0.2, 0) is 9.59 Å². The van der Waals surface area contributed by atoms with Gasteiger partial charge in [-0.2, -0.15) is 5.26 Å². The summed E-state index contributed by atoms with van der Waals surface area (Å²) in [6.45, 7) is 1.25. The van der Waals surface area contributed by atoms with Crippen molar-refractivity contribution in [2.45, 2.75) is 25.8 Å². The minimum atomic E-state index is -0.922. The van der Waals surface area contributed by atoms with Crippen LogP contribution in [-0.4, -0.2) is 23.8 Å². The summed E-state index contributed by atoms with van der Waals surface area (Å²) in [5.41, 5.74) is 5.39. The Morgan fingerprint density at radius 1 is 1.43 bits per heavy atom. The van der Waals surface area contributed by atoms with Crippen LogP contribution in [0.5, 0.6) is 5.75 Å². The number of esters is 1. The summed E-state index contributed by atoms with van der Waals surface area (Å²) in [6.07, 6.45) is 0.239. The minimum Gasteiger partial charge on any atom is -0.427 e. The molecule has 1 rings (SSSR count). The van der Waals surface area contributed by atoms with E-state index < -0.39 is 23.8 Å². The molecule has 110 valence electrons. The van der Waals surface area contributed by atoms with Crippen LogP contribution in [0.2, 0.25) is 0 Å². The van der Waals surface area contributed by atoms with Crippen LogP contribution in [0.25, 0.3) is 0 Å². The number of hydrogen-bond acceptors (Lipinski definition) is 5. The molecule has 7 nitrogen and oxygen atoms in total. The van der Waals surface area contributed by atoms with E-state index in [4.69, 9.17) is 15.7 Å². The normalized spacial score (nSPS) is 11.0. The first-order chi connectivity index (χ1) is 9.93. The molecule has 2 amide bonds. The second kappa shape index (κ2) is 7.65. The molecule has 21 heavy (non-hydrogen) atoms. The molecule has 1 atom stereocenters. The number of ether oxygens (including phenoxy) is 1. The maximum Gasteiger partial charge on any atom is 0.308 e. The Balaban J connectivity index is 2.80. The van der Waals surface area contributed by atoms with E-state index in [1.807, 2.05) is 6.07 Å². The third kappa shape index (κ3) is 5.32. The standard InChI is InChI=1S/C14H15N3O4/c1-9(18)21-11-5-2-4-10(8-11)14(20)17-12(13(16)19)6-3-7-15/h2,4-5,8,12H,3,6H2,1H3,(H2,16,19)(H,17,20)/t12-/m0/s1. The molecule has 0 unspecified atom stereocenters. The molecule has 0 spiro atoms. The SMILES string of the molecule is CC(=O)Oc1cccc(C(=O)N[C@@H](CCC#N)C(N)=O)c1. The van der Waals surface area contributed by atoms with Gasteiger partial charge in [0.1, 0.15) is 11.8 Å². The lowest BCUT2D eigenvalue weighted by atomic mass is 10.1. The Labute approximate surface area is 121 Å². The lowest BCUT2D eigenvalue weighted by Gasteiger charge is -2.14. The highest BCUT2D eigenvalue weighted by Crippen LogP contribution is 2.14. The summed E-state index contributed by atoms with van der Waals surface area (Å²) in [6, 6.07) is 6.91. The number of benzene rings is 1. The van der Waals surface area contributed by atoms with Crippen LogP contribution in [0.4, 0.5) is 0 Å². The second-order valence-electron chi connectivity index (χ2n) is 4.25. The molecule has 0 aliphatic rings. The highest BCUT2D eigenvalue weighted by atomic mass is 16.5. The second-order valence-corrected chi connectivity index (χ2v) is 4.25. The third-order valence-electron chi connectivity index (χ3n) is 2.55. The summed E-state index contributed by atoms with van der Waals surface area (Å²) in [5, 5.41) is 10.9. The van der Waals surface area contributed by atoms with Crippen LogP contribution < -0.4 is 15.8 Å². The fraction of sp³-hybridized carbons (Fsp3) is 0.286. The van der Waals surface area contributed by atoms with E-state index in [1.165, 1.54) is 25.1 Å². The van der Waals surface area contributed by atoms with Gasteiger partial charge in [-0.3, -0.25) is 14.4 Å². The van der Waals surface area contributed by atoms with E-state index in [0.29, 0.717) is 0 Å². The number of nitrogens with two attached hydrogens (primary N) is 1. The number of primary amides is 1. The summed E-state index contributed by atoms with van der Waals surface area (Å²) in [7, 11) is 0. The lowest BCUT2D eigenvalue weighted by molar-refractivity contribution is -0.131. The molecule has 0 aliphatic carbocycles. The molecule has 0 radical (unpaired) electrons. The largest absolute Gasteiger partial charge is 0.427 e. The van der Waals surface area contributed by atoms with Gasteiger partial charge in [0.15, 0.2) is 0 Å². The number of hydrogen-bond donors (Lipinski definition) is 2. The van der Waals surface area contributed by atoms with Crippen LogP contribution in [0.3, 0.4) is 0 Å². The Hall–Kier alpha value is -2.88. The number of rotatable bonds is 6. The van der Waals surface area contributed by atoms with Crippen LogP contribution in [0, 0.1) is 11.3 Å². The summed E-state index contributed by atoms with van der Waals surface area (Å²) in [4.78, 5) is 34.1. The molecule has 0 saturated carbocycles. The third-order valence-corrected chi connectivity index (χ3v) is 2.55. The molecule has 0 aliphatic heterocycles. The molecule has 0 bridgehead atoms. The van der Waals surface area contributed by atoms with Gasteiger partial charge in [-0.25, -0.2) is 0 Å². The first-order valence-corrected chi connectivity index (χ1v) is 6.19. The molecule has 0 aromatic heterocycles. The van der Waals surface area contributed by atoms with Crippen LogP contribution >= 0.6 is 0 Å². The van der Waals surface area contributed by atoms with E-state index in [1.54, 1.807) is 6.07 Å². The zero-order valence-electron chi connectivity index (χ0n) is 11.5. The van der Waals surface area contributed by atoms with Crippen molar-refractivity contribution in [2.24, 2.45) is 5.73 Å².